The van der Waals surface area contributed by atoms with Gasteiger partial charge in [0.15, 0.2) is 0 Å². The molecule has 0 aromatic carbocycles. The van der Waals surface area contributed by atoms with Gasteiger partial charge in [0, 0.05) is 6.54 Å². The SMILES string of the molecule is CCC1(C)NCN(CCCC2CCCC2)C1=O. The molecule has 2 aliphatic rings. The van der Waals surface area contributed by atoms with Gasteiger partial charge in [-0.3, -0.25) is 10.1 Å². The highest BCUT2D eigenvalue weighted by atomic mass is 16.2. The summed E-state index contributed by atoms with van der Waals surface area (Å²) >= 11 is 0. The molecule has 0 spiro atoms. The Morgan fingerprint density at radius 2 is 2.12 bits per heavy atom. The van der Waals surface area contributed by atoms with Gasteiger partial charge in [-0.05, 0) is 32.1 Å². The van der Waals surface area contributed by atoms with Crippen molar-refractivity contribution in [1.82, 2.24) is 10.2 Å². The summed E-state index contributed by atoms with van der Waals surface area (Å²) in [7, 11) is 0. The van der Waals surface area contributed by atoms with E-state index in [1.54, 1.807) is 0 Å². The van der Waals surface area contributed by atoms with Crippen molar-refractivity contribution in [3.8, 4) is 0 Å². The van der Waals surface area contributed by atoms with E-state index in [1.165, 1.54) is 38.5 Å². The molecule has 1 unspecified atom stereocenters. The number of amides is 1. The lowest BCUT2D eigenvalue weighted by Crippen LogP contribution is -2.43. The van der Waals surface area contributed by atoms with E-state index in [-0.39, 0.29) is 5.54 Å². The first-order valence-electron chi connectivity index (χ1n) is 7.20. The van der Waals surface area contributed by atoms with Gasteiger partial charge in [0.05, 0.1) is 12.2 Å². The normalized spacial score (nSPS) is 30.5. The first kappa shape index (κ1) is 12.9. The fraction of sp³-hybridized carbons (Fsp3) is 0.929. The summed E-state index contributed by atoms with van der Waals surface area (Å²) in [5.41, 5.74) is -0.298. The number of carbonyl (C=O) groups excluding carboxylic acids is 1. The molecule has 17 heavy (non-hydrogen) atoms. The maximum atomic E-state index is 12.1. The van der Waals surface area contributed by atoms with Crippen molar-refractivity contribution in [2.75, 3.05) is 13.2 Å². The molecular weight excluding hydrogens is 212 g/mol. The summed E-state index contributed by atoms with van der Waals surface area (Å²) < 4.78 is 0. The number of hydrogen-bond acceptors (Lipinski definition) is 2. The molecule has 2 fully saturated rings. The monoisotopic (exact) mass is 238 g/mol. The highest BCUT2D eigenvalue weighted by Gasteiger charge is 2.40. The molecular formula is C14H26N2O. The van der Waals surface area contributed by atoms with Gasteiger partial charge < -0.3 is 4.90 Å². The quantitative estimate of drug-likeness (QED) is 0.798. The van der Waals surface area contributed by atoms with E-state index < -0.39 is 0 Å². The summed E-state index contributed by atoms with van der Waals surface area (Å²) in [6.45, 7) is 5.78. The molecule has 0 aromatic rings. The number of rotatable bonds is 5. The van der Waals surface area contributed by atoms with Gasteiger partial charge >= 0.3 is 0 Å². The highest BCUT2D eigenvalue weighted by Crippen LogP contribution is 2.29. The van der Waals surface area contributed by atoms with Crippen molar-refractivity contribution >= 4 is 5.91 Å². The Labute approximate surface area is 105 Å². The van der Waals surface area contributed by atoms with Crippen LogP contribution in [0.4, 0.5) is 0 Å². The third kappa shape index (κ3) is 2.82. The average Bonchev–Trinajstić information content (AvgIpc) is 2.93. The van der Waals surface area contributed by atoms with Crippen LogP contribution in [0.1, 0.15) is 58.8 Å². The zero-order chi connectivity index (χ0) is 12.3. The Balaban J connectivity index is 1.71. The third-order valence-electron chi connectivity index (χ3n) is 4.64. The highest BCUT2D eigenvalue weighted by molar-refractivity contribution is 5.87. The second-order valence-electron chi connectivity index (χ2n) is 5.88. The zero-order valence-electron chi connectivity index (χ0n) is 11.3. The zero-order valence-corrected chi connectivity index (χ0v) is 11.3. The number of nitrogens with one attached hydrogen (secondary N) is 1. The lowest BCUT2D eigenvalue weighted by Gasteiger charge is -2.21. The number of hydrogen-bond donors (Lipinski definition) is 1. The standard InChI is InChI=1S/C14H26N2O/c1-3-14(2)13(17)16(11-15-14)10-6-9-12-7-4-5-8-12/h12,15H,3-11H2,1-2H3. The van der Waals surface area contributed by atoms with Crippen molar-refractivity contribution in [1.29, 1.82) is 0 Å². The Kier molecular flexibility index (Phi) is 4.08. The summed E-state index contributed by atoms with van der Waals surface area (Å²) in [6, 6.07) is 0. The van der Waals surface area contributed by atoms with Crippen molar-refractivity contribution in [3.05, 3.63) is 0 Å². The molecule has 0 radical (unpaired) electrons. The Morgan fingerprint density at radius 3 is 2.71 bits per heavy atom. The minimum absolute atomic E-state index is 0.298. The summed E-state index contributed by atoms with van der Waals surface area (Å²) in [5, 5.41) is 3.34. The van der Waals surface area contributed by atoms with Crippen molar-refractivity contribution in [2.45, 2.75) is 64.3 Å². The average molecular weight is 238 g/mol. The first-order valence-corrected chi connectivity index (χ1v) is 7.20. The molecule has 1 saturated heterocycles. The maximum Gasteiger partial charge on any atom is 0.243 e. The molecule has 2 rings (SSSR count). The van der Waals surface area contributed by atoms with E-state index in [1.807, 2.05) is 11.8 Å². The van der Waals surface area contributed by atoms with Gasteiger partial charge in [0.2, 0.25) is 5.91 Å². The molecule has 1 saturated carbocycles. The molecule has 1 heterocycles. The largest absolute Gasteiger partial charge is 0.328 e. The van der Waals surface area contributed by atoms with Crippen LogP contribution in [0.5, 0.6) is 0 Å². The van der Waals surface area contributed by atoms with Crippen molar-refractivity contribution < 1.29 is 4.79 Å². The third-order valence-corrected chi connectivity index (χ3v) is 4.64. The van der Waals surface area contributed by atoms with Crippen LogP contribution in [0.3, 0.4) is 0 Å². The number of nitrogens with zero attached hydrogens (tertiary/aromatic N) is 1. The molecule has 1 aliphatic heterocycles. The van der Waals surface area contributed by atoms with Crippen molar-refractivity contribution in [3.63, 3.8) is 0 Å². The smallest absolute Gasteiger partial charge is 0.243 e. The first-order chi connectivity index (χ1) is 8.15. The molecule has 1 aliphatic carbocycles. The van der Waals surface area contributed by atoms with Crippen LogP contribution in [0.25, 0.3) is 0 Å². The second kappa shape index (κ2) is 5.38. The molecule has 1 N–H and O–H groups in total. The summed E-state index contributed by atoms with van der Waals surface area (Å²) in [5.74, 6) is 1.24. The van der Waals surface area contributed by atoms with Crippen molar-refractivity contribution in [2.24, 2.45) is 5.92 Å². The van der Waals surface area contributed by atoms with E-state index in [2.05, 4.69) is 12.2 Å². The van der Waals surface area contributed by atoms with E-state index in [0.29, 0.717) is 5.91 Å². The van der Waals surface area contributed by atoms with E-state index in [0.717, 1.165) is 25.6 Å². The maximum absolute atomic E-state index is 12.1. The van der Waals surface area contributed by atoms with Crippen LogP contribution < -0.4 is 5.32 Å². The lowest BCUT2D eigenvalue weighted by atomic mass is 9.99. The Hall–Kier alpha value is -0.570. The van der Waals surface area contributed by atoms with Gasteiger partial charge in [0.25, 0.3) is 0 Å². The topological polar surface area (TPSA) is 32.3 Å². The van der Waals surface area contributed by atoms with E-state index >= 15 is 0 Å². The van der Waals surface area contributed by atoms with Crippen LogP contribution in [-0.2, 0) is 4.79 Å². The summed E-state index contributed by atoms with van der Waals surface area (Å²) in [6.07, 6.45) is 9.04. The van der Waals surface area contributed by atoms with Crippen LogP contribution in [0.15, 0.2) is 0 Å². The molecule has 1 atom stereocenters. The molecule has 98 valence electrons. The Morgan fingerprint density at radius 1 is 1.41 bits per heavy atom. The molecule has 0 bridgehead atoms. The molecule has 1 amide bonds. The van der Waals surface area contributed by atoms with Crippen LogP contribution in [-0.4, -0.2) is 29.6 Å². The molecule has 3 nitrogen and oxygen atoms in total. The minimum atomic E-state index is -0.298. The fourth-order valence-electron chi connectivity index (χ4n) is 3.09. The van der Waals surface area contributed by atoms with E-state index in [9.17, 15) is 4.79 Å². The molecule has 0 aromatic heterocycles. The summed E-state index contributed by atoms with van der Waals surface area (Å²) in [4.78, 5) is 14.1. The minimum Gasteiger partial charge on any atom is -0.328 e. The van der Waals surface area contributed by atoms with Crippen LogP contribution in [0, 0.1) is 5.92 Å². The second-order valence-corrected chi connectivity index (χ2v) is 5.88. The molecule has 3 heteroatoms. The lowest BCUT2D eigenvalue weighted by molar-refractivity contribution is -0.132. The Bertz CT molecular complexity index is 273. The van der Waals surface area contributed by atoms with Crippen LogP contribution in [0.2, 0.25) is 0 Å². The predicted molar refractivity (Wildman–Crippen MR) is 69.6 cm³/mol. The predicted octanol–water partition coefficient (Wildman–Crippen LogP) is 2.51. The van der Waals surface area contributed by atoms with Gasteiger partial charge in [-0.1, -0.05) is 32.6 Å². The fourth-order valence-corrected chi connectivity index (χ4v) is 3.09. The van der Waals surface area contributed by atoms with Gasteiger partial charge in [-0.15, -0.1) is 0 Å². The van der Waals surface area contributed by atoms with Crippen LogP contribution >= 0.6 is 0 Å². The van der Waals surface area contributed by atoms with E-state index in [4.69, 9.17) is 0 Å². The van der Waals surface area contributed by atoms with Gasteiger partial charge in [-0.25, -0.2) is 0 Å². The number of carbonyl (C=O) groups is 1. The van der Waals surface area contributed by atoms with Gasteiger partial charge in [0.1, 0.15) is 0 Å². The van der Waals surface area contributed by atoms with Gasteiger partial charge in [-0.2, -0.15) is 0 Å².